The lowest BCUT2D eigenvalue weighted by Crippen LogP contribution is -2.08. The maximum Gasteiger partial charge on any atom is 0.217 e. The van der Waals surface area contributed by atoms with Gasteiger partial charge in [0.1, 0.15) is 0 Å². The number of hydrogen-bond acceptors (Lipinski definition) is 1. The van der Waals surface area contributed by atoms with E-state index in [0.717, 1.165) is 12.8 Å². The van der Waals surface area contributed by atoms with Crippen molar-refractivity contribution in [2.24, 2.45) is 5.73 Å². The molecule has 12 heavy (non-hydrogen) atoms. The van der Waals surface area contributed by atoms with E-state index in [2.05, 4.69) is 13.0 Å². The van der Waals surface area contributed by atoms with Gasteiger partial charge in [0.2, 0.25) is 5.91 Å². The highest BCUT2D eigenvalue weighted by Crippen LogP contribution is 2.00. The van der Waals surface area contributed by atoms with E-state index in [0.29, 0.717) is 6.42 Å². The van der Waals surface area contributed by atoms with Gasteiger partial charge in [-0.3, -0.25) is 4.79 Å². The minimum Gasteiger partial charge on any atom is -0.370 e. The zero-order valence-corrected chi connectivity index (χ0v) is 7.88. The van der Waals surface area contributed by atoms with Gasteiger partial charge in [0.25, 0.3) is 0 Å². The van der Waals surface area contributed by atoms with Gasteiger partial charge in [-0.15, -0.1) is 0 Å². The Kier molecular flexibility index (Phi) is 7.76. The fraction of sp³-hybridized carbons (Fsp3) is 0.700. The first-order valence-electron chi connectivity index (χ1n) is 4.70. The molecule has 2 nitrogen and oxygen atoms in total. The highest BCUT2D eigenvalue weighted by molar-refractivity contribution is 5.73. The second kappa shape index (κ2) is 8.31. The molecule has 0 saturated carbocycles. The van der Waals surface area contributed by atoms with Crippen molar-refractivity contribution >= 4 is 5.91 Å². The molecule has 0 unspecified atom stereocenters. The predicted molar refractivity (Wildman–Crippen MR) is 51.7 cm³/mol. The van der Waals surface area contributed by atoms with Gasteiger partial charge in [0.05, 0.1) is 0 Å². The SMILES string of the molecule is CCCCC/C=C\CCC(N)=O. The topological polar surface area (TPSA) is 43.1 Å². The molecular formula is C10H19NO. The molecule has 0 spiro atoms. The molecule has 0 heterocycles. The molecule has 2 heteroatoms. The quantitative estimate of drug-likeness (QED) is 0.461. The average molecular weight is 169 g/mol. The summed E-state index contributed by atoms with van der Waals surface area (Å²) in [4.78, 5) is 10.3. The van der Waals surface area contributed by atoms with Crippen molar-refractivity contribution in [1.82, 2.24) is 0 Å². The van der Waals surface area contributed by atoms with Crippen LogP contribution in [0.2, 0.25) is 0 Å². The normalized spacial score (nSPS) is 10.8. The van der Waals surface area contributed by atoms with E-state index in [1.807, 2.05) is 6.08 Å². The molecule has 0 aromatic carbocycles. The first kappa shape index (κ1) is 11.2. The van der Waals surface area contributed by atoms with Crippen LogP contribution in [-0.4, -0.2) is 5.91 Å². The Labute approximate surface area is 74.8 Å². The van der Waals surface area contributed by atoms with E-state index < -0.39 is 0 Å². The van der Waals surface area contributed by atoms with Crippen molar-refractivity contribution in [3.8, 4) is 0 Å². The van der Waals surface area contributed by atoms with Crippen molar-refractivity contribution in [3.63, 3.8) is 0 Å². The number of nitrogens with two attached hydrogens (primary N) is 1. The number of unbranched alkanes of at least 4 members (excludes halogenated alkanes) is 3. The Bertz CT molecular complexity index is 141. The summed E-state index contributed by atoms with van der Waals surface area (Å²) >= 11 is 0. The Morgan fingerprint density at radius 2 is 1.92 bits per heavy atom. The summed E-state index contributed by atoms with van der Waals surface area (Å²) in [6.45, 7) is 2.19. The molecule has 2 N–H and O–H groups in total. The second-order valence-electron chi connectivity index (χ2n) is 2.97. The van der Waals surface area contributed by atoms with Gasteiger partial charge in [0.15, 0.2) is 0 Å². The van der Waals surface area contributed by atoms with E-state index in [1.165, 1.54) is 19.3 Å². The molecule has 0 aromatic rings. The number of carbonyl (C=O) groups excluding carboxylic acids is 1. The third-order valence-electron chi connectivity index (χ3n) is 1.70. The second-order valence-corrected chi connectivity index (χ2v) is 2.97. The van der Waals surface area contributed by atoms with Gasteiger partial charge >= 0.3 is 0 Å². The van der Waals surface area contributed by atoms with Crippen molar-refractivity contribution in [2.45, 2.75) is 45.4 Å². The Morgan fingerprint density at radius 3 is 2.50 bits per heavy atom. The third kappa shape index (κ3) is 9.21. The maximum atomic E-state index is 10.3. The van der Waals surface area contributed by atoms with Crippen LogP contribution in [0, 0.1) is 0 Å². The minimum atomic E-state index is -0.215. The van der Waals surface area contributed by atoms with Crippen LogP contribution in [0.5, 0.6) is 0 Å². The molecule has 0 rings (SSSR count). The van der Waals surface area contributed by atoms with Crippen molar-refractivity contribution < 1.29 is 4.79 Å². The third-order valence-corrected chi connectivity index (χ3v) is 1.70. The molecule has 70 valence electrons. The largest absolute Gasteiger partial charge is 0.370 e. The highest BCUT2D eigenvalue weighted by Gasteiger charge is 1.88. The summed E-state index contributed by atoms with van der Waals surface area (Å²) in [5.74, 6) is -0.215. The number of rotatable bonds is 7. The Morgan fingerprint density at radius 1 is 1.25 bits per heavy atom. The molecule has 1 amide bonds. The van der Waals surface area contributed by atoms with Gasteiger partial charge < -0.3 is 5.73 Å². The molecule has 0 aliphatic rings. The molecular weight excluding hydrogens is 150 g/mol. The standard InChI is InChI=1S/C10H19NO/c1-2-3-4-5-6-7-8-9-10(11)12/h6-7H,2-5,8-9H2,1H3,(H2,11,12)/b7-6-. The number of hydrogen-bond donors (Lipinski definition) is 1. The molecule has 0 fully saturated rings. The number of allylic oxidation sites excluding steroid dienone is 2. The van der Waals surface area contributed by atoms with E-state index in [9.17, 15) is 4.79 Å². The summed E-state index contributed by atoms with van der Waals surface area (Å²) in [5.41, 5.74) is 4.98. The fourth-order valence-corrected chi connectivity index (χ4v) is 0.973. The number of amides is 1. The summed E-state index contributed by atoms with van der Waals surface area (Å²) in [7, 11) is 0. The maximum absolute atomic E-state index is 10.3. The highest BCUT2D eigenvalue weighted by atomic mass is 16.1. The zero-order chi connectivity index (χ0) is 9.23. The Balaban J connectivity index is 3.09. The zero-order valence-electron chi connectivity index (χ0n) is 7.88. The molecule has 0 aliphatic heterocycles. The van der Waals surface area contributed by atoms with E-state index in [4.69, 9.17) is 5.73 Å². The van der Waals surface area contributed by atoms with Crippen LogP contribution in [0.1, 0.15) is 45.4 Å². The molecule has 0 bridgehead atoms. The van der Waals surface area contributed by atoms with Gasteiger partial charge in [-0.25, -0.2) is 0 Å². The minimum absolute atomic E-state index is 0.215. The molecule has 0 radical (unpaired) electrons. The van der Waals surface area contributed by atoms with Crippen LogP contribution in [-0.2, 0) is 4.79 Å². The van der Waals surface area contributed by atoms with Crippen molar-refractivity contribution in [2.75, 3.05) is 0 Å². The van der Waals surface area contributed by atoms with Crippen LogP contribution in [0.3, 0.4) is 0 Å². The lowest BCUT2D eigenvalue weighted by molar-refractivity contribution is -0.117. The lowest BCUT2D eigenvalue weighted by Gasteiger charge is -1.91. The predicted octanol–water partition coefficient (Wildman–Crippen LogP) is 2.39. The fourth-order valence-electron chi connectivity index (χ4n) is 0.973. The van der Waals surface area contributed by atoms with Crippen LogP contribution in [0.4, 0.5) is 0 Å². The molecule has 0 saturated heterocycles. The van der Waals surface area contributed by atoms with E-state index in [1.54, 1.807) is 0 Å². The Hall–Kier alpha value is -0.790. The molecule has 0 aliphatic carbocycles. The summed E-state index contributed by atoms with van der Waals surface area (Å²) in [5, 5.41) is 0. The van der Waals surface area contributed by atoms with Crippen LogP contribution >= 0.6 is 0 Å². The van der Waals surface area contributed by atoms with E-state index in [-0.39, 0.29) is 5.91 Å². The van der Waals surface area contributed by atoms with Crippen LogP contribution < -0.4 is 5.73 Å². The lowest BCUT2D eigenvalue weighted by atomic mass is 10.2. The smallest absolute Gasteiger partial charge is 0.217 e. The number of primary amides is 1. The van der Waals surface area contributed by atoms with Gasteiger partial charge in [0, 0.05) is 6.42 Å². The molecule has 0 atom stereocenters. The first-order chi connectivity index (χ1) is 5.77. The first-order valence-corrected chi connectivity index (χ1v) is 4.70. The molecule has 0 aromatic heterocycles. The summed E-state index contributed by atoms with van der Waals surface area (Å²) in [6.07, 6.45) is 10.4. The van der Waals surface area contributed by atoms with Crippen molar-refractivity contribution in [3.05, 3.63) is 12.2 Å². The van der Waals surface area contributed by atoms with Crippen LogP contribution in [0.15, 0.2) is 12.2 Å². The summed E-state index contributed by atoms with van der Waals surface area (Å²) < 4.78 is 0. The van der Waals surface area contributed by atoms with E-state index >= 15 is 0 Å². The van der Waals surface area contributed by atoms with Gasteiger partial charge in [-0.1, -0.05) is 31.9 Å². The van der Waals surface area contributed by atoms with Crippen LogP contribution in [0.25, 0.3) is 0 Å². The van der Waals surface area contributed by atoms with Gasteiger partial charge in [-0.2, -0.15) is 0 Å². The summed E-state index contributed by atoms with van der Waals surface area (Å²) in [6, 6.07) is 0. The number of carbonyl (C=O) groups is 1. The van der Waals surface area contributed by atoms with Gasteiger partial charge in [-0.05, 0) is 19.3 Å². The monoisotopic (exact) mass is 169 g/mol. The van der Waals surface area contributed by atoms with Crippen molar-refractivity contribution in [1.29, 1.82) is 0 Å². The average Bonchev–Trinajstić information content (AvgIpc) is 2.02.